The molecule has 1 fully saturated rings. The normalized spacial score (nSPS) is 18.3. The molecular formula is C38H42N2O6S. The zero-order valence-electron chi connectivity index (χ0n) is 27.9. The molecule has 0 radical (unpaired) electrons. The number of fused-ring (bicyclic) bond motifs is 1. The van der Waals surface area contributed by atoms with Crippen molar-refractivity contribution in [1.82, 2.24) is 4.90 Å². The van der Waals surface area contributed by atoms with Gasteiger partial charge in [-0.05, 0) is 39.7 Å². The smallest absolute Gasteiger partial charge is 0.356 e. The van der Waals surface area contributed by atoms with Crippen molar-refractivity contribution in [3.8, 4) is 5.75 Å². The van der Waals surface area contributed by atoms with Crippen LogP contribution in [-0.2, 0) is 34.7 Å². The summed E-state index contributed by atoms with van der Waals surface area (Å²) < 4.78 is 11.5. The van der Waals surface area contributed by atoms with Gasteiger partial charge in [-0.15, -0.1) is 11.8 Å². The standard InChI is InChI=1S/C38H42N2O6S/c1-23(41)45-21-27-22-47-35-30(39-20-24-18-28(37(2,3)4)32(42)29(19-24)38(5,6)7)34(43)40(35)31(27)36(44)46-33(25-14-10-8-11-15-25)26-16-12-9-13-17-26/h8-20,30,33,35,42H,21-22H2,1-7H3/t30?,35-/m0/s1. The molecule has 8 nitrogen and oxygen atoms in total. The summed E-state index contributed by atoms with van der Waals surface area (Å²) in [5.74, 6) is -0.865. The van der Waals surface area contributed by atoms with Crippen molar-refractivity contribution in [2.24, 2.45) is 4.99 Å². The lowest BCUT2D eigenvalue weighted by Crippen LogP contribution is -2.64. The van der Waals surface area contributed by atoms with E-state index in [2.05, 4.69) is 0 Å². The summed E-state index contributed by atoms with van der Waals surface area (Å²) in [6.07, 6.45) is 0.968. The highest BCUT2D eigenvalue weighted by Gasteiger charge is 2.54. The highest BCUT2D eigenvalue weighted by Crippen LogP contribution is 2.44. The molecule has 3 aromatic rings. The third-order valence-electron chi connectivity index (χ3n) is 8.22. The molecule has 1 unspecified atom stereocenters. The van der Waals surface area contributed by atoms with E-state index in [9.17, 15) is 19.5 Å². The van der Waals surface area contributed by atoms with Gasteiger partial charge in [0.05, 0.1) is 0 Å². The molecule has 2 atom stereocenters. The number of hydrogen-bond donors (Lipinski definition) is 1. The Labute approximate surface area is 280 Å². The van der Waals surface area contributed by atoms with Crippen LogP contribution in [0, 0.1) is 0 Å². The molecule has 246 valence electrons. The average molecular weight is 655 g/mol. The van der Waals surface area contributed by atoms with Crippen LogP contribution in [0.15, 0.2) is 89.1 Å². The monoisotopic (exact) mass is 654 g/mol. The van der Waals surface area contributed by atoms with Gasteiger partial charge in [-0.25, -0.2) is 4.79 Å². The molecule has 5 rings (SSSR count). The molecule has 47 heavy (non-hydrogen) atoms. The Balaban J connectivity index is 1.46. The van der Waals surface area contributed by atoms with E-state index >= 15 is 0 Å². The molecule has 2 heterocycles. The predicted octanol–water partition coefficient (Wildman–Crippen LogP) is 6.84. The Kier molecular flexibility index (Phi) is 9.68. The van der Waals surface area contributed by atoms with Gasteiger partial charge in [0.1, 0.15) is 23.4 Å². The Hall–Kier alpha value is -4.37. The minimum atomic E-state index is -0.720. The van der Waals surface area contributed by atoms with Gasteiger partial charge >= 0.3 is 11.9 Å². The van der Waals surface area contributed by atoms with Crippen molar-refractivity contribution in [1.29, 1.82) is 0 Å². The van der Waals surface area contributed by atoms with Gasteiger partial charge in [0, 0.05) is 35.6 Å². The van der Waals surface area contributed by atoms with Gasteiger partial charge < -0.3 is 14.6 Å². The van der Waals surface area contributed by atoms with E-state index in [1.165, 1.54) is 23.6 Å². The molecule has 1 N–H and O–H groups in total. The van der Waals surface area contributed by atoms with Crippen molar-refractivity contribution in [2.75, 3.05) is 12.4 Å². The molecule has 1 amide bonds. The molecule has 2 aliphatic rings. The molecule has 1 saturated heterocycles. The van der Waals surface area contributed by atoms with Gasteiger partial charge in [0.25, 0.3) is 5.91 Å². The van der Waals surface area contributed by atoms with Gasteiger partial charge in [-0.2, -0.15) is 0 Å². The number of rotatable bonds is 8. The third-order valence-corrected chi connectivity index (χ3v) is 9.55. The zero-order valence-corrected chi connectivity index (χ0v) is 28.8. The summed E-state index contributed by atoms with van der Waals surface area (Å²) in [5, 5.41) is 10.7. The van der Waals surface area contributed by atoms with Crippen LogP contribution in [0.3, 0.4) is 0 Å². The molecular weight excluding hydrogens is 612 g/mol. The van der Waals surface area contributed by atoms with Gasteiger partial charge in [-0.1, -0.05) is 102 Å². The third kappa shape index (κ3) is 7.30. The number of phenolic OH excluding ortho intramolecular Hbond substituents is 1. The number of thioether (sulfide) groups is 1. The molecule has 2 aliphatic heterocycles. The van der Waals surface area contributed by atoms with Crippen molar-refractivity contribution in [2.45, 2.75) is 76.8 Å². The zero-order chi connectivity index (χ0) is 34.1. The minimum Gasteiger partial charge on any atom is -0.507 e. The van der Waals surface area contributed by atoms with E-state index in [0.29, 0.717) is 11.3 Å². The summed E-state index contributed by atoms with van der Waals surface area (Å²) in [4.78, 5) is 45.7. The number of amides is 1. The topological polar surface area (TPSA) is 106 Å². The summed E-state index contributed by atoms with van der Waals surface area (Å²) in [5.41, 5.74) is 3.92. The number of esters is 2. The first-order valence-corrected chi connectivity index (χ1v) is 16.7. The maximum atomic E-state index is 14.0. The molecule has 0 aromatic heterocycles. The Morgan fingerprint density at radius 3 is 1.98 bits per heavy atom. The number of ether oxygens (including phenoxy) is 2. The molecule has 0 saturated carbocycles. The van der Waals surface area contributed by atoms with Crippen molar-refractivity contribution < 1.29 is 29.0 Å². The summed E-state index contributed by atoms with van der Waals surface area (Å²) in [7, 11) is 0. The number of nitrogens with zero attached hydrogens (tertiary/aromatic N) is 2. The highest BCUT2D eigenvalue weighted by molar-refractivity contribution is 8.00. The van der Waals surface area contributed by atoms with Crippen LogP contribution in [0.1, 0.15) is 82.4 Å². The first-order valence-electron chi connectivity index (χ1n) is 15.7. The van der Waals surface area contributed by atoms with Gasteiger partial charge in [-0.3, -0.25) is 19.5 Å². The number of carbonyl (C=O) groups excluding carboxylic acids is 3. The van der Waals surface area contributed by atoms with E-state index in [-0.39, 0.29) is 34.8 Å². The number of β-lactam (4-membered cyclic amide) rings is 1. The van der Waals surface area contributed by atoms with Crippen LogP contribution < -0.4 is 0 Å². The van der Waals surface area contributed by atoms with E-state index in [1.807, 2.05) is 114 Å². The quantitative estimate of drug-likeness (QED) is 0.161. The molecule has 0 spiro atoms. The van der Waals surface area contributed by atoms with E-state index in [4.69, 9.17) is 14.5 Å². The lowest BCUT2D eigenvalue weighted by Gasteiger charge is -2.48. The van der Waals surface area contributed by atoms with E-state index < -0.39 is 29.5 Å². The van der Waals surface area contributed by atoms with Crippen LogP contribution in [0.5, 0.6) is 5.75 Å². The number of benzene rings is 3. The van der Waals surface area contributed by atoms with E-state index in [1.54, 1.807) is 6.21 Å². The fourth-order valence-electron chi connectivity index (χ4n) is 5.74. The fourth-order valence-corrected chi connectivity index (χ4v) is 7.06. The van der Waals surface area contributed by atoms with Crippen LogP contribution in [0.4, 0.5) is 0 Å². The van der Waals surface area contributed by atoms with Crippen LogP contribution in [-0.4, -0.2) is 57.8 Å². The number of aliphatic imine (C=N–C) groups is 1. The van der Waals surface area contributed by atoms with Crippen molar-refractivity contribution in [3.63, 3.8) is 0 Å². The average Bonchev–Trinajstić information content (AvgIpc) is 3.02. The Morgan fingerprint density at radius 1 is 0.957 bits per heavy atom. The van der Waals surface area contributed by atoms with Gasteiger partial charge in [0.2, 0.25) is 0 Å². The largest absolute Gasteiger partial charge is 0.507 e. The summed E-state index contributed by atoms with van der Waals surface area (Å²) in [6.45, 7) is 13.4. The highest BCUT2D eigenvalue weighted by atomic mass is 32.2. The van der Waals surface area contributed by atoms with E-state index in [0.717, 1.165) is 27.8 Å². The van der Waals surface area contributed by atoms with Crippen LogP contribution in [0.25, 0.3) is 0 Å². The number of hydrogen-bond acceptors (Lipinski definition) is 8. The van der Waals surface area contributed by atoms with Crippen molar-refractivity contribution in [3.05, 3.63) is 112 Å². The summed E-state index contributed by atoms with van der Waals surface area (Å²) in [6, 6.07) is 21.9. The maximum absolute atomic E-state index is 14.0. The Bertz CT molecular complexity index is 1650. The fraction of sp³-hybridized carbons (Fsp3) is 0.368. The molecule has 9 heteroatoms. The second-order valence-corrected chi connectivity index (χ2v) is 15.0. The van der Waals surface area contributed by atoms with Crippen LogP contribution >= 0.6 is 11.8 Å². The summed E-state index contributed by atoms with van der Waals surface area (Å²) >= 11 is 1.46. The first kappa shape index (κ1) is 34.0. The number of aromatic hydroxyl groups is 1. The van der Waals surface area contributed by atoms with Crippen LogP contribution in [0.2, 0.25) is 0 Å². The predicted molar refractivity (Wildman–Crippen MR) is 184 cm³/mol. The maximum Gasteiger partial charge on any atom is 0.356 e. The second kappa shape index (κ2) is 13.4. The number of phenols is 1. The second-order valence-electron chi connectivity index (χ2n) is 13.9. The molecule has 0 bridgehead atoms. The minimum absolute atomic E-state index is 0.0954. The Morgan fingerprint density at radius 2 is 1.49 bits per heavy atom. The lowest BCUT2D eigenvalue weighted by atomic mass is 9.78. The van der Waals surface area contributed by atoms with Crippen molar-refractivity contribution >= 4 is 35.8 Å². The number of carbonyl (C=O) groups is 3. The molecule has 3 aromatic carbocycles. The lowest BCUT2D eigenvalue weighted by molar-refractivity contribution is -0.153. The first-order chi connectivity index (χ1) is 22.2. The SMILES string of the molecule is CC(=O)OCC1=C(C(=O)OC(c2ccccc2)c2ccccc2)N2C(=O)C(N=Cc3cc(C(C)(C)C)c(O)c(C(C)(C)C)c3)[C@@H]2SC1. The van der Waals surface area contributed by atoms with Gasteiger partial charge in [0.15, 0.2) is 12.1 Å². The molecule has 0 aliphatic carbocycles.